The highest BCUT2D eigenvalue weighted by molar-refractivity contribution is 8.26. The average molecular weight is 466 g/mol. The number of benzene rings is 1. The monoisotopic (exact) mass is 465 g/mol. The number of nitrogens with zero attached hydrogens (tertiary/aromatic N) is 1. The van der Waals surface area contributed by atoms with Crippen molar-refractivity contribution in [3.8, 4) is 11.5 Å². The predicted octanol–water partition coefficient (Wildman–Crippen LogP) is 5.50. The van der Waals surface area contributed by atoms with Crippen LogP contribution < -0.4 is 9.47 Å². The quantitative estimate of drug-likeness (QED) is 0.234. The number of carboxylic acid groups (broad SMARTS) is 1. The first kappa shape index (κ1) is 25.2. The lowest BCUT2D eigenvalue weighted by Crippen LogP contribution is -2.33. The second kappa shape index (κ2) is 12.7. The molecular weight excluding hydrogens is 434 g/mol. The van der Waals surface area contributed by atoms with Gasteiger partial charge in [0.1, 0.15) is 10.9 Å². The first-order chi connectivity index (χ1) is 14.8. The summed E-state index contributed by atoms with van der Waals surface area (Å²) in [5.41, 5.74) is 0.763. The Bertz CT molecular complexity index is 824. The molecule has 1 heterocycles. The Morgan fingerprint density at radius 3 is 2.65 bits per heavy atom. The molecule has 1 unspecified atom stereocenters. The smallest absolute Gasteiger partial charge is 0.323 e. The molecule has 0 aliphatic carbocycles. The van der Waals surface area contributed by atoms with Crippen LogP contribution in [0.15, 0.2) is 23.1 Å². The van der Waals surface area contributed by atoms with E-state index >= 15 is 0 Å². The number of carbonyl (C=O) groups excluding carboxylic acids is 1. The van der Waals surface area contributed by atoms with Gasteiger partial charge in [-0.1, -0.05) is 62.7 Å². The summed E-state index contributed by atoms with van der Waals surface area (Å²) in [6.07, 6.45) is 8.91. The number of unbranched alkanes of at least 4 members (excludes halogenated alkanes) is 4. The lowest BCUT2D eigenvalue weighted by molar-refractivity contribution is -0.140. The minimum Gasteiger partial charge on any atom is -0.490 e. The van der Waals surface area contributed by atoms with Gasteiger partial charge in [0.25, 0.3) is 5.91 Å². The SMILES string of the molecule is CCCCCCCC(C)Oc1ccc(/C=C2\SC(=S)N(CC(=O)O)C2=O)cc1OCC. The molecule has 31 heavy (non-hydrogen) atoms. The van der Waals surface area contributed by atoms with Crippen molar-refractivity contribution in [3.63, 3.8) is 0 Å². The summed E-state index contributed by atoms with van der Waals surface area (Å²) in [4.78, 5) is 24.9. The van der Waals surface area contributed by atoms with Gasteiger partial charge in [0.2, 0.25) is 0 Å². The van der Waals surface area contributed by atoms with E-state index in [1.165, 1.54) is 25.7 Å². The number of thioether (sulfide) groups is 1. The van der Waals surface area contributed by atoms with Crippen molar-refractivity contribution in [2.24, 2.45) is 0 Å². The maximum atomic E-state index is 12.5. The minimum absolute atomic E-state index is 0.0824. The van der Waals surface area contributed by atoms with Crippen LogP contribution in [0.4, 0.5) is 0 Å². The molecule has 1 amide bonds. The third kappa shape index (κ3) is 7.85. The van der Waals surface area contributed by atoms with Crippen molar-refractivity contribution in [2.75, 3.05) is 13.2 Å². The zero-order valence-corrected chi connectivity index (χ0v) is 20.0. The van der Waals surface area contributed by atoms with Crippen molar-refractivity contribution in [2.45, 2.75) is 65.4 Å². The molecule has 2 rings (SSSR count). The topological polar surface area (TPSA) is 76.1 Å². The molecule has 0 radical (unpaired) electrons. The summed E-state index contributed by atoms with van der Waals surface area (Å²) in [5.74, 6) is -0.196. The van der Waals surface area contributed by atoms with E-state index in [1.807, 2.05) is 25.1 Å². The Morgan fingerprint density at radius 1 is 1.23 bits per heavy atom. The van der Waals surface area contributed by atoms with E-state index in [9.17, 15) is 9.59 Å². The fraction of sp³-hybridized carbons (Fsp3) is 0.522. The van der Waals surface area contributed by atoms with Crippen LogP contribution in [0.25, 0.3) is 6.08 Å². The van der Waals surface area contributed by atoms with E-state index in [1.54, 1.807) is 6.08 Å². The number of amides is 1. The van der Waals surface area contributed by atoms with E-state index in [4.69, 9.17) is 26.8 Å². The van der Waals surface area contributed by atoms with Gasteiger partial charge in [0.05, 0.1) is 17.6 Å². The Hall–Kier alpha value is -2.06. The van der Waals surface area contributed by atoms with Gasteiger partial charge < -0.3 is 14.6 Å². The standard InChI is InChI=1S/C23H31NO5S2/c1-4-6-7-8-9-10-16(3)29-18-12-11-17(13-19(18)28-5-2)14-20-22(27)24(15-21(25)26)23(30)31-20/h11-14,16H,4-10,15H2,1-3H3,(H,25,26)/b20-14-. The number of rotatable bonds is 13. The summed E-state index contributed by atoms with van der Waals surface area (Å²) in [6, 6.07) is 5.54. The van der Waals surface area contributed by atoms with Gasteiger partial charge in [0, 0.05) is 0 Å². The number of hydrogen-bond donors (Lipinski definition) is 1. The zero-order valence-electron chi connectivity index (χ0n) is 18.4. The van der Waals surface area contributed by atoms with Crippen LogP contribution in [0.5, 0.6) is 11.5 Å². The van der Waals surface area contributed by atoms with E-state index < -0.39 is 18.4 Å². The molecule has 1 aromatic carbocycles. The van der Waals surface area contributed by atoms with Gasteiger partial charge >= 0.3 is 5.97 Å². The molecule has 1 aliphatic rings. The van der Waals surface area contributed by atoms with Crippen LogP contribution in [0.2, 0.25) is 0 Å². The molecule has 0 bridgehead atoms. The Labute approximate surface area is 194 Å². The predicted molar refractivity (Wildman–Crippen MR) is 129 cm³/mol. The average Bonchev–Trinajstić information content (AvgIpc) is 2.97. The van der Waals surface area contributed by atoms with Crippen molar-refractivity contribution < 1.29 is 24.2 Å². The van der Waals surface area contributed by atoms with E-state index in [0.717, 1.165) is 35.1 Å². The van der Waals surface area contributed by atoms with Crippen molar-refractivity contribution in [1.82, 2.24) is 4.90 Å². The molecular formula is C23H31NO5S2. The number of hydrogen-bond acceptors (Lipinski definition) is 6. The highest BCUT2D eigenvalue weighted by atomic mass is 32.2. The fourth-order valence-electron chi connectivity index (χ4n) is 3.21. The summed E-state index contributed by atoms with van der Waals surface area (Å²) in [7, 11) is 0. The van der Waals surface area contributed by atoms with E-state index in [0.29, 0.717) is 23.0 Å². The molecule has 6 nitrogen and oxygen atoms in total. The molecule has 1 aromatic rings. The molecule has 1 N–H and O–H groups in total. The van der Waals surface area contributed by atoms with Gasteiger partial charge in [0.15, 0.2) is 11.5 Å². The van der Waals surface area contributed by atoms with Crippen LogP contribution in [0.3, 0.4) is 0 Å². The number of ether oxygens (including phenoxy) is 2. The second-order valence-electron chi connectivity index (χ2n) is 7.43. The van der Waals surface area contributed by atoms with E-state index in [2.05, 4.69) is 13.8 Å². The number of aliphatic carboxylic acids is 1. The Balaban J connectivity index is 2.08. The maximum Gasteiger partial charge on any atom is 0.323 e. The van der Waals surface area contributed by atoms with Gasteiger partial charge in [-0.05, 0) is 50.5 Å². The highest BCUT2D eigenvalue weighted by Gasteiger charge is 2.33. The first-order valence-corrected chi connectivity index (χ1v) is 12.0. The van der Waals surface area contributed by atoms with E-state index in [-0.39, 0.29) is 10.4 Å². The van der Waals surface area contributed by atoms with Gasteiger partial charge in [-0.25, -0.2) is 0 Å². The lowest BCUT2D eigenvalue weighted by atomic mass is 10.1. The van der Waals surface area contributed by atoms with Crippen LogP contribution in [-0.4, -0.2) is 45.5 Å². The molecule has 0 saturated carbocycles. The maximum absolute atomic E-state index is 12.5. The summed E-state index contributed by atoms with van der Waals surface area (Å²) in [6.45, 7) is 6.24. The second-order valence-corrected chi connectivity index (χ2v) is 9.11. The molecule has 1 atom stereocenters. The van der Waals surface area contributed by atoms with Crippen LogP contribution >= 0.6 is 24.0 Å². The lowest BCUT2D eigenvalue weighted by Gasteiger charge is -2.18. The van der Waals surface area contributed by atoms with Gasteiger partial charge in [-0.15, -0.1) is 0 Å². The number of thiocarbonyl (C=S) groups is 1. The molecule has 0 spiro atoms. The zero-order chi connectivity index (χ0) is 22.8. The molecule has 1 saturated heterocycles. The van der Waals surface area contributed by atoms with Gasteiger partial charge in [-0.3, -0.25) is 14.5 Å². The minimum atomic E-state index is -1.10. The third-order valence-corrected chi connectivity index (χ3v) is 6.15. The summed E-state index contributed by atoms with van der Waals surface area (Å²) >= 11 is 6.24. The van der Waals surface area contributed by atoms with Crippen molar-refractivity contribution >= 4 is 46.3 Å². The summed E-state index contributed by atoms with van der Waals surface area (Å²) < 4.78 is 12.1. The van der Waals surface area contributed by atoms with Crippen molar-refractivity contribution in [3.05, 3.63) is 28.7 Å². The van der Waals surface area contributed by atoms with Crippen molar-refractivity contribution in [1.29, 1.82) is 0 Å². The molecule has 0 aromatic heterocycles. The van der Waals surface area contributed by atoms with Crippen LogP contribution in [0, 0.1) is 0 Å². The Morgan fingerprint density at radius 2 is 1.97 bits per heavy atom. The first-order valence-electron chi connectivity index (χ1n) is 10.8. The molecule has 170 valence electrons. The number of carbonyl (C=O) groups is 2. The van der Waals surface area contributed by atoms with Gasteiger partial charge in [-0.2, -0.15) is 0 Å². The molecule has 1 aliphatic heterocycles. The Kier molecular flexibility index (Phi) is 10.3. The fourth-order valence-corrected chi connectivity index (χ4v) is 4.47. The number of carboxylic acids is 1. The van der Waals surface area contributed by atoms with Crippen LogP contribution in [-0.2, 0) is 9.59 Å². The highest BCUT2D eigenvalue weighted by Crippen LogP contribution is 2.35. The summed E-state index contributed by atoms with van der Waals surface area (Å²) in [5, 5.41) is 8.96. The van der Waals surface area contributed by atoms with Crippen LogP contribution in [0.1, 0.15) is 64.9 Å². The third-order valence-electron chi connectivity index (χ3n) is 4.77. The largest absolute Gasteiger partial charge is 0.490 e. The normalized spacial score (nSPS) is 16.1. The molecule has 8 heteroatoms. The molecule has 1 fully saturated rings.